The fraction of sp³-hybridized carbons (Fsp3) is 0.538. The van der Waals surface area contributed by atoms with Crippen molar-refractivity contribution in [1.29, 1.82) is 0 Å². The van der Waals surface area contributed by atoms with Gasteiger partial charge in [0, 0.05) is 37.5 Å². The molecule has 0 aromatic carbocycles. The zero-order valence-corrected chi connectivity index (χ0v) is 13.7. The number of hydrogen-bond acceptors (Lipinski definition) is 7. The third-order valence-electron chi connectivity index (χ3n) is 3.66. The van der Waals surface area contributed by atoms with E-state index in [4.69, 9.17) is 11.6 Å². The third-order valence-corrected chi connectivity index (χ3v) is 5.09. The van der Waals surface area contributed by atoms with Crippen LogP contribution in [0.3, 0.4) is 0 Å². The standard InChI is InChI=1S/C13H16ClN5O2S/c1-9-7-16-13(22-9)18-4-2-17(3-5-18)12-11(14)6-10(8-15-12)19(20)21/h6,8-9H,2-5,7H2,1H3. The molecule has 0 aliphatic carbocycles. The van der Waals surface area contributed by atoms with Crippen molar-refractivity contribution >= 4 is 40.0 Å². The normalized spacial score (nSPS) is 21.9. The predicted molar refractivity (Wildman–Crippen MR) is 89.0 cm³/mol. The van der Waals surface area contributed by atoms with Gasteiger partial charge in [0.25, 0.3) is 5.69 Å². The lowest BCUT2D eigenvalue weighted by Gasteiger charge is -2.36. The number of amidine groups is 1. The van der Waals surface area contributed by atoms with E-state index in [9.17, 15) is 10.1 Å². The summed E-state index contributed by atoms with van der Waals surface area (Å²) >= 11 is 7.96. The van der Waals surface area contributed by atoms with Gasteiger partial charge in [-0.2, -0.15) is 0 Å². The Balaban J connectivity index is 1.65. The van der Waals surface area contributed by atoms with Crippen molar-refractivity contribution in [3.63, 3.8) is 0 Å². The molecule has 0 bridgehead atoms. The first-order chi connectivity index (χ1) is 10.5. The average molecular weight is 342 g/mol. The molecule has 22 heavy (non-hydrogen) atoms. The van der Waals surface area contributed by atoms with Crippen LogP contribution in [0.5, 0.6) is 0 Å². The number of aliphatic imine (C=N–C) groups is 1. The van der Waals surface area contributed by atoms with Gasteiger partial charge in [0.2, 0.25) is 0 Å². The predicted octanol–water partition coefficient (Wildman–Crippen LogP) is 2.26. The van der Waals surface area contributed by atoms with Crippen LogP contribution in [0.25, 0.3) is 0 Å². The van der Waals surface area contributed by atoms with Crippen molar-refractivity contribution in [2.45, 2.75) is 12.2 Å². The number of thioether (sulfide) groups is 1. The maximum absolute atomic E-state index is 10.7. The number of halogens is 1. The maximum atomic E-state index is 10.7. The first-order valence-electron chi connectivity index (χ1n) is 7.05. The second-order valence-electron chi connectivity index (χ2n) is 5.28. The molecule has 1 saturated heterocycles. The Morgan fingerprint density at radius 2 is 2.05 bits per heavy atom. The third kappa shape index (κ3) is 3.12. The highest BCUT2D eigenvalue weighted by Crippen LogP contribution is 2.29. The molecule has 0 saturated carbocycles. The number of nitro groups is 1. The molecule has 2 aliphatic heterocycles. The molecule has 1 aromatic heterocycles. The summed E-state index contributed by atoms with van der Waals surface area (Å²) in [6.07, 6.45) is 1.26. The molecule has 0 N–H and O–H groups in total. The summed E-state index contributed by atoms with van der Waals surface area (Å²) < 4.78 is 0. The highest BCUT2D eigenvalue weighted by Gasteiger charge is 2.26. The molecule has 118 valence electrons. The van der Waals surface area contributed by atoms with E-state index in [1.165, 1.54) is 12.3 Å². The number of piperazine rings is 1. The largest absolute Gasteiger partial charge is 0.352 e. The van der Waals surface area contributed by atoms with Gasteiger partial charge in [-0.3, -0.25) is 15.1 Å². The van der Waals surface area contributed by atoms with E-state index in [2.05, 4.69) is 26.7 Å². The van der Waals surface area contributed by atoms with Crippen LogP contribution >= 0.6 is 23.4 Å². The number of nitrogens with zero attached hydrogens (tertiary/aromatic N) is 5. The molecule has 3 heterocycles. The Morgan fingerprint density at radius 1 is 1.36 bits per heavy atom. The molecule has 9 heteroatoms. The van der Waals surface area contributed by atoms with Crippen molar-refractivity contribution in [3.05, 3.63) is 27.4 Å². The summed E-state index contributed by atoms with van der Waals surface area (Å²) in [5, 5.41) is 12.7. The van der Waals surface area contributed by atoms with Gasteiger partial charge < -0.3 is 9.80 Å². The second kappa shape index (κ2) is 6.29. The van der Waals surface area contributed by atoms with Gasteiger partial charge in [-0.25, -0.2) is 4.98 Å². The maximum Gasteiger partial charge on any atom is 0.289 e. The van der Waals surface area contributed by atoms with Crippen LogP contribution in [0.4, 0.5) is 11.5 Å². The molecule has 0 amide bonds. The number of rotatable bonds is 2. The van der Waals surface area contributed by atoms with E-state index in [1.807, 2.05) is 11.8 Å². The lowest BCUT2D eigenvalue weighted by atomic mass is 10.3. The quantitative estimate of drug-likeness (QED) is 0.606. The number of pyridine rings is 1. The van der Waals surface area contributed by atoms with Crippen molar-refractivity contribution < 1.29 is 4.92 Å². The first kappa shape index (κ1) is 15.4. The van der Waals surface area contributed by atoms with E-state index in [1.54, 1.807) is 0 Å². The minimum atomic E-state index is -0.489. The summed E-state index contributed by atoms with van der Waals surface area (Å²) in [4.78, 5) is 23.3. The summed E-state index contributed by atoms with van der Waals surface area (Å²) in [7, 11) is 0. The molecule has 3 rings (SSSR count). The van der Waals surface area contributed by atoms with Gasteiger partial charge in [0.1, 0.15) is 12.0 Å². The highest BCUT2D eigenvalue weighted by molar-refractivity contribution is 8.14. The van der Waals surface area contributed by atoms with Gasteiger partial charge in [-0.05, 0) is 0 Å². The van der Waals surface area contributed by atoms with Gasteiger partial charge in [-0.1, -0.05) is 30.3 Å². The van der Waals surface area contributed by atoms with E-state index in [0.717, 1.165) is 37.9 Å². The molecule has 2 aliphatic rings. The Kier molecular flexibility index (Phi) is 4.39. The van der Waals surface area contributed by atoms with Crippen molar-refractivity contribution in [2.75, 3.05) is 37.6 Å². The monoisotopic (exact) mass is 341 g/mol. The highest BCUT2D eigenvalue weighted by atomic mass is 35.5. The van der Waals surface area contributed by atoms with E-state index >= 15 is 0 Å². The molecule has 1 fully saturated rings. The summed E-state index contributed by atoms with van der Waals surface area (Å²) in [5.41, 5.74) is -0.0851. The molecule has 1 aromatic rings. The van der Waals surface area contributed by atoms with Crippen molar-refractivity contribution in [3.8, 4) is 0 Å². The number of aromatic nitrogens is 1. The van der Waals surface area contributed by atoms with Crippen LogP contribution in [-0.2, 0) is 0 Å². The number of anilines is 1. The van der Waals surface area contributed by atoms with Crippen LogP contribution < -0.4 is 4.90 Å². The Hall–Kier alpha value is -1.54. The van der Waals surface area contributed by atoms with Gasteiger partial charge in [0.15, 0.2) is 5.17 Å². The smallest absolute Gasteiger partial charge is 0.289 e. The minimum Gasteiger partial charge on any atom is -0.352 e. The molecule has 1 unspecified atom stereocenters. The molecule has 0 spiro atoms. The fourth-order valence-electron chi connectivity index (χ4n) is 2.50. The molecule has 0 radical (unpaired) electrons. The summed E-state index contributed by atoms with van der Waals surface area (Å²) in [5.74, 6) is 0.612. The first-order valence-corrected chi connectivity index (χ1v) is 8.31. The SMILES string of the molecule is CC1CN=C(N2CCN(c3ncc([N+](=O)[O-])cc3Cl)CC2)S1. The Labute approximate surface area is 137 Å². The summed E-state index contributed by atoms with van der Waals surface area (Å²) in [6, 6.07) is 1.36. The lowest BCUT2D eigenvalue weighted by Crippen LogP contribution is -2.48. The van der Waals surface area contributed by atoms with E-state index in [-0.39, 0.29) is 5.69 Å². The number of hydrogen-bond donors (Lipinski definition) is 0. The van der Waals surface area contributed by atoms with Crippen LogP contribution in [0, 0.1) is 10.1 Å². The molecular formula is C13H16ClN5O2S. The zero-order chi connectivity index (χ0) is 15.7. The Morgan fingerprint density at radius 3 is 2.59 bits per heavy atom. The summed E-state index contributed by atoms with van der Waals surface area (Å²) in [6.45, 7) is 6.33. The van der Waals surface area contributed by atoms with Crippen LogP contribution in [0.15, 0.2) is 17.3 Å². The van der Waals surface area contributed by atoms with Crippen molar-refractivity contribution in [1.82, 2.24) is 9.88 Å². The molecule has 7 nitrogen and oxygen atoms in total. The van der Waals surface area contributed by atoms with Crippen LogP contribution in [0.2, 0.25) is 5.02 Å². The fourth-order valence-corrected chi connectivity index (χ4v) is 3.77. The van der Waals surface area contributed by atoms with Gasteiger partial charge in [-0.15, -0.1) is 0 Å². The minimum absolute atomic E-state index is 0.0851. The molecule has 1 atom stereocenters. The van der Waals surface area contributed by atoms with E-state index in [0.29, 0.717) is 16.1 Å². The van der Waals surface area contributed by atoms with Crippen LogP contribution in [0.1, 0.15) is 6.92 Å². The van der Waals surface area contributed by atoms with Crippen LogP contribution in [-0.4, -0.2) is 57.9 Å². The second-order valence-corrected chi connectivity index (χ2v) is 7.09. The van der Waals surface area contributed by atoms with Gasteiger partial charge >= 0.3 is 0 Å². The Bertz CT molecular complexity index is 618. The van der Waals surface area contributed by atoms with Crippen molar-refractivity contribution in [2.24, 2.45) is 4.99 Å². The van der Waals surface area contributed by atoms with E-state index < -0.39 is 4.92 Å². The topological polar surface area (TPSA) is 74.9 Å². The lowest BCUT2D eigenvalue weighted by molar-refractivity contribution is -0.385. The molecular weight excluding hydrogens is 326 g/mol. The van der Waals surface area contributed by atoms with Gasteiger partial charge in [0.05, 0.1) is 16.5 Å². The zero-order valence-electron chi connectivity index (χ0n) is 12.1. The average Bonchev–Trinajstić information content (AvgIpc) is 2.94.